The highest BCUT2D eigenvalue weighted by molar-refractivity contribution is 7.12. The van der Waals surface area contributed by atoms with E-state index < -0.39 is 0 Å². The lowest BCUT2D eigenvalue weighted by atomic mass is 10.0. The maximum Gasteiger partial charge on any atom is 0.264 e. The summed E-state index contributed by atoms with van der Waals surface area (Å²) in [4.78, 5) is 15.5. The van der Waals surface area contributed by atoms with Crippen LogP contribution in [0.2, 0.25) is 0 Å². The third-order valence-electron chi connectivity index (χ3n) is 3.84. The molecule has 2 heterocycles. The monoisotopic (exact) mass is 280 g/mol. The molecule has 1 saturated heterocycles. The number of likely N-dealkylation sites (N-methyl/N-ethyl adjacent to an activating group) is 1. The zero-order valence-electron chi connectivity index (χ0n) is 11.9. The normalized spacial score (nSPS) is 19.4. The Hall–Kier alpha value is -0.870. The van der Waals surface area contributed by atoms with E-state index in [4.69, 9.17) is 0 Å². The molecule has 19 heavy (non-hydrogen) atoms. The smallest absolute Gasteiger partial charge is 0.264 e. The van der Waals surface area contributed by atoms with Gasteiger partial charge in [0.2, 0.25) is 0 Å². The number of hydrogen-bond donors (Lipinski definition) is 1. The molecule has 0 saturated carbocycles. The molecule has 1 aliphatic heterocycles. The van der Waals surface area contributed by atoms with Gasteiger partial charge in [0.25, 0.3) is 5.91 Å². The molecular weight excluding hydrogens is 256 g/mol. The van der Waals surface area contributed by atoms with Crippen LogP contribution in [0.4, 0.5) is 0 Å². The van der Waals surface area contributed by atoms with Gasteiger partial charge >= 0.3 is 0 Å². The fourth-order valence-electron chi connectivity index (χ4n) is 2.65. The molecule has 3 nitrogen and oxygen atoms in total. The van der Waals surface area contributed by atoms with E-state index in [-0.39, 0.29) is 5.91 Å². The Kier molecular flexibility index (Phi) is 5.40. The molecule has 106 valence electrons. The fourth-order valence-corrected chi connectivity index (χ4v) is 3.61. The summed E-state index contributed by atoms with van der Waals surface area (Å²) in [5.74, 6) is 0.210. The number of amides is 1. The van der Waals surface area contributed by atoms with Gasteiger partial charge in [0.1, 0.15) is 0 Å². The second-order valence-electron chi connectivity index (χ2n) is 5.12. The van der Waals surface area contributed by atoms with Crippen molar-refractivity contribution in [2.24, 2.45) is 0 Å². The van der Waals surface area contributed by atoms with Crippen LogP contribution in [0.5, 0.6) is 0 Å². The molecular formula is C15H24N2OS. The number of thiophene rings is 1. The van der Waals surface area contributed by atoms with Gasteiger partial charge in [0.05, 0.1) is 4.88 Å². The minimum atomic E-state index is 0.210. The lowest BCUT2D eigenvalue weighted by molar-refractivity contribution is 0.0745. The number of hydrogen-bond acceptors (Lipinski definition) is 3. The Labute approximate surface area is 120 Å². The fraction of sp³-hybridized carbons (Fsp3) is 0.667. The number of piperidine rings is 1. The first-order valence-electron chi connectivity index (χ1n) is 7.35. The molecule has 1 fully saturated rings. The van der Waals surface area contributed by atoms with E-state index in [2.05, 4.69) is 25.2 Å². The minimum Gasteiger partial charge on any atom is -0.337 e. The standard InChI is InChI=1S/C15H24N2OS/c1-3-12-8-10-19-14(12)15(18)17(4-2)11-13-7-5-6-9-16-13/h8,10,13,16H,3-7,9,11H2,1-2H3. The number of nitrogens with one attached hydrogen (secondary N) is 1. The lowest BCUT2D eigenvalue weighted by Crippen LogP contribution is -2.45. The molecule has 1 atom stereocenters. The first-order chi connectivity index (χ1) is 9.26. The zero-order valence-corrected chi connectivity index (χ0v) is 12.8. The van der Waals surface area contributed by atoms with Crippen LogP contribution in [-0.2, 0) is 6.42 Å². The van der Waals surface area contributed by atoms with Crippen LogP contribution < -0.4 is 5.32 Å². The summed E-state index contributed by atoms with van der Waals surface area (Å²) >= 11 is 1.58. The van der Waals surface area contributed by atoms with Gasteiger partial charge in [-0.3, -0.25) is 4.79 Å². The van der Waals surface area contributed by atoms with Gasteiger partial charge in [0.15, 0.2) is 0 Å². The maximum absolute atomic E-state index is 12.6. The number of carbonyl (C=O) groups is 1. The van der Waals surface area contributed by atoms with Crippen molar-refractivity contribution in [3.8, 4) is 0 Å². The largest absolute Gasteiger partial charge is 0.337 e. The van der Waals surface area contributed by atoms with Crippen molar-refractivity contribution in [2.75, 3.05) is 19.6 Å². The Morgan fingerprint density at radius 1 is 1.47 bits per heavy atom. The molecule has 1 aromatic heterocycles. The molecule has 1 unspecified atom stereocenters. The number of rotatable bonds is 5. The Balaban J connectivity index is 2.02. The molecule has 0 aliphatic carbocycles. The van der Waals surface area contributed by atoms with Crippen molar-refractivity contribution in [2.45, 2.75) is 45.6 Å². The van der Waals surface area contributed by atoms with E-state index >= 15 is 0 Å². The van der Waals surface area contributed by atoms with E-state index in [9.17, 15) is 4.79 Å². The quantitative estimate of drug-likeness (QED) is 0.899. The summed E-state index contributed by atoms with van der Waals surface area (Å²) < 4.78 is 0. The van der Waals surface area contributed by atoms with Crippen LogP contribution in [0, 0.1) is 0 Å². The Morgan fingerprint density at radius 3 is 2.95 bits per heavy atom. The van der Waals surface area contributed by atoms with Crippen LogP contribution in [0.25, 0.3) is 0 Å². The molecule has 1 aliphatic rings. The maximum atomic E-state index is 12.6. The number of aryl methyl sites for hydroxylation is 1. The minimum absolute atomic E-state index is 0.210. The van der Waals surface area contributed by atoms with Crippen LogP contribution in [-0.4, -0.2) is 36.5 Å². The predicted octanol–water partition coefficient (Wildman–Crippen LogP) is 2.91. The van der Waals surface area contributed by atoms with Crippen molar-refractivity contribution >= 4 is 17.2 Å². The average molecular weight is 280 g/mol. The summed E-state index contributed by atoms with van der Waals surface area (Å²) in [6.45, 7) is 6.90. The SMILES string of the molecule is CCc1ccsc1C(=O)N(CC)CC1CCCCN1. The summed E-state index contributed by atoms with van der Waals surface area (Å²) in [6, 6.07) is 2.55. The Morgan fingerprint density at radius 2 is 2.32 bits per heavy atom. The molecule has 0 bridgehead atoms. The first kappa shape index (κ1) is 14.5. The summed E-state index contributed by atoms with van der Waals surface area (Å²) in [7, 11) is 0. The molecule has 1 aromatic rings. The van der Waals surface area contributed by atoms with Crippen LogP contribution in [0.15, 0.2) is 11.4 Å². The molecule has 0 aromatic carbocycles. The molecule has 1 amide bonds. The van der Waals surface area contributed by atoms with Crippen molar-refractivity contribution < 1.29 is 4.79 Å². The average Bonchev–Trinajstić information content (AvgIpc) is 2.93. The van der Waals surface area contributed by atoms with Gasteiger partial charge in [-0.05, 0) is 49.7 Å². The highest BCUT2D eigenvalue weighted by Crippen LogP contribution is 2.20. The van der Waals surface area contributed by atoms with Crippen molar-refractivity contribution in [3.63, 3.8) is 0 Å². The Bertz CT molecular complexity index is 410. The van der Waals surface area contributed by atoms with Gasteiger partial charge in [0, 0.05) is 19.1 Å². The molecule has 2 rings (SSSR count). The van der Waals surface area contributed by atoms with E-state index in [1.54, 1.807) is 11.3 Å². The highest BCUT2D eigenvalue weighted by atomic mass is 32.1. The summed E-state index contributed by atoms with van der Waals surface area (Å²) in [6.07, 6.45) is 4.67. The van der Waals surface area contributed by atoms with Crippen LogP contribution >= 0.6 is 11.3 Å². The van der Waals surface area contributed by atoms with Gasteiger partial charge in [-0.2, -0.15) is 0 Å². The van der Waals surface area contributed by atoms with E-state index in [0.29, 0.717) is 6.04 Å². The second-order valence-corrected chi connectivity index (χ2v) is 6.04. The third kappa shape index (κ3) is 3.57. The number of carbonyl (C=O) groups excluding carboxylic acids is 1. The zero-order chi connectivity index (χ0) is 13.7. The predicted molar refractivity (Wildman–Crippen MR) is 80.9 cm³/mol. The molecule has 0 spiro atoms. The van der Waals surface area contributed by atoms with E-state index in [1.165, 1.54) is 24.8 Å². The van der Waals surface area contributed by atoms with Gasteiger partial charge in [-0.15, -0.1) is 11.3 Å². The molecule has 0 radical (unpaired) electrons. The third-order valence-corrected chi connectivity index (χ3v) is 4.79. The first-order valence-corrected chi connectivity index (χ1v) is 8.23. The van der Waals surface area contributed by atoms with Gasteiger partial charge < -0.3 is 10.2 Å². The topological polar surface area (TPSA) is 32.3 Å². The summed E-state index contributed by atoms with van der Waals surface area (Å²) in [5.41, 5.74) is 1.19. The van der Waals surface area contributed by atoms with Crippen LogP contribution in [0.3, 0.4) is 0 Å². The lowest BCUT2D eigenvalue weighted by Gasteiger charge is -2.30. The van der Waals surface area contributed by atoms with E-state index in [1.807, 2.05) is 10.3 Å². The second kappa shape index (κ2) is 7.06. The summed E-state index contributed by atoms with van der Waals surface area (Å²) in [5, 5.41) is 5.55. The van der Waals surface area contributed by atoms with Gasteiger partial charge in [-0.1, -0.05) is 13.3 Å². The van der Waals surface area contributed by atoms with Gasteiger partial charge in [-0.25, -0.2) is 0 Å². The molecule has 1 N–H and O–H groups in total. The molecule has 4 heteroatoms. The van der Waals surface area contributed by atoms with Crippen molar-refractivity contribution in [1.29, 1.82) is 0 Å². The highest BCUT2D eigenvalue weighted by Gasteiger charge is 2.22. The van der Waals surface area contributed by atoms with Crippen molar-refractivity contribution in [1.82, 2.24) is 10.2 Å². The van der Waals surface area contributed by atoms with Crippen LogP contribution in [0.1, 0.15) is 48.3 Å². The van der Waals surface area contributed by atoms with E-state index in [0.717, 1.165) is 30.9 Å². The van der Waals surface area contributed by atoms with Crippen molar-refractivity contribution in [3.05, 3.63) is 21.9 Å². The number of nitrogens with zero attached hydrogens (tertiary/aromatic N) is 1.